The van der Waals surface area contributed by atoms with Gasteiger partial charge in [0.05, 0.1) is 0 Å². The van der Waals surface area contributed by atoms with Gasteiger partial charge in [0.1, 0.15) is 0 Å². The van der Waals surface area contributed by atoms with Gasteiger partial charge in [0.15, 0.2) is 5.78 Å². The van der Waals surface area contributed by atoms with Crippen molar-refractivity contribution in [2.45, 2.75) is 139 Å². The Balaban J connectivity index is 0.000000470. The molecule has 5 rings (SSSR count). The van der Waals surface area contributed by atoms with Crippen molar-refractivity contribution >= 4 is 23.3 Å². The van der Waals surface area contributed by atoms with E-state index in [1.807, 2.05) is 40.8 Å². The normalized spacial score (nSPS) is 18.4. The number of allylic oxidation sites excluding steroid dienone is 3. The molecule has 0 unspecified atom stereocenters. The number of Topliss-reactive ketones (excluding diaryl/α,β-unsaturated/α-hetero) is 1. The minimum absolute atomic E-state index is 0.0888. The summed E-state index contributed by atoms with van der Waals surface area (Å²) in [6.07, 6.45) is 16.4. The Labute approximate surface area is 267 Å². The minimum atomic E-state index is 0.0888. The smallest absolute Gasteiger partial charge is 0.160 e. The van der Waals surface area contributed by atoms with Crippen molar-refractivity contribution in [1.29, 1.82) is 0 Å². The fourth-order valence-corrected chi connectivity index (χ4v) is 5.52. The number of ketones is 1. The summed E-state index contributed by atoms with van der Waals surface area (Å²) >= 11 is 0. The van der Waals surface area contributed by atoms with Gasteiger partial charge in [0.25, 0.3) is 0 Å². The highest BCUT2D eigenvalue weighted by atomic mass is 16.1. The van der Waals surface area contributed by atoms with Crippen LogP contribution in [0.1, 0.15) is 149 Å². The number of carbonyl (C=O) groups excluding carboxylic acids is 1. The molecule has 4 fully saturated rings. The predicted molar refractivity (Wildman–Crippen MR) is 193 cm³/mol. The highest BCUT2D eigenvalue weighted by Gasteiger charge is 2.31. The topological polar surface area (TPSA) is 35.9 Å². The van der Waals surface area contributed by atoms with Crippen molar-refractivity contribution in [1.82, 2.24) is 4.90 Å². The molecular weight excluding hydrogens is 526 g/mol. The van der Waals surface area contributed by atoms with E-state index >= 15 is 0 Å². The summed E-state index contributed by atoms with van der Waals surface area (Å²) in [7, 11) is 0. The summed E-state index contributed by atoms with van der Waals surface area (Å²) in [4.78, 5) is 21.8. The first-order chi connectivity index (χ1) is 20.7. The third-order valence-electron chi connectivity index (χ3n) is 8.54. The molecule has 0 atom stereocenters. The number of hydrogen-bond acceptors (Lipinski definition) is 4. The number of rotatable bonds is 7. The van der Waals surface area contributed by atoms with Gasteiger partial charge in [0, 0.05) is 55.4 Å². The predicted octanol–water partition coefficient (Wildman–Crippen LogP) is 11.0. The molecule has 244 valence electrons. The first-order valence-electron chi connectivity index (χ1n) is 17.7. The lowest BCUT2D eigenvalue weighted by atomic mass is 9.91. The molecule has 3 saturated carbocycles. The van der Waals surface area contributed by atoms with Crippen molar-refractivity contribution in [2.24, 2.45) is 16.8 Å². The van der Waals surface area contributed by atoms with Crippen molar-refractivity contribution in [3.05, 3.63) is 47.2 Å². The van der Waals surface area contributed by atoms with E-state index in [-0.39, 0.29) is 5.78 Å². The Hall–Kier alpha value is -2.20. The van der Waals surface area contributed by atoms with E-state index in [0.717, 1.165) is 77.7 Å². The van der Waals surface area contributed by atoms with Crippen molar-refractivity contribution in [3.8, 4) is 0 Å². The maximum Gasteiger partial charge on any atom is 0.160 e. The highest BCUT2D eigenvalue weighted by molar-refractivity contribution is 6.15. The van der Waals surface area contributed by atoms with Gasteiger partial charge in [0.2, 0.25) is 0 Å². The molecule has 0 N–H and O–H groups in total. The molecule has 1 aliphatic heterocycles. The second kappa shape index (κ2) is 21.5. The molecule has 1 saturated heterocycles. The van der Waals surface area contributed by atoms with Crippen LogP contribution in [0.4, 0.5) is 5.69 Å². The van der Waals surface area contributed by atoms with Crippen LogP contribution < -0.4 is 4.90 Å². The van der Waals surface area contributed by atoms with Gasteiger partial charge in [-0.15, -0.1) is 0 Å². The Kier molecular flexibility index (Phi) is 19.4. The lowest BCUT2D eigenvalue weighted by Crippen LogP contribution is -2.47. The summed E-state index contributed by atoms with van der Waals surface area (Å²) < 4.78 is 0. The first kappa shape index (κ1) is 38.8. The van der Waals surface area contributed by atoms with Crippen LogP contribution in [-0.2, 0) is 0 Å². The molecule has 43 heavy (non-hydrogen) atoms. The number of carbonyl (C=O) groups is 1. The third-order valence-corrected chi connectivity index (χ3v) is 8.54. The quantitative estimate of drug-likeness (QED) is 0.233. The molecule has 0 spiro atoms. The van der Waals surface area contributed by atoms with Crippen molar-refractivity contribution in [3.63, 3.8) is 0 Å². The molecule has 1 aromatic rings. The molecule has 1 heterocycles. The van der Waals surface area contributed by atoms with Crippen LogP contribution in [0.15, 0.2) is 41.0 Å². The summed E-state index contributed by atoms with van der Waals surface area (Å²) in [5, 5.41) is 0. The first-order valence-corrected chi connectivity index (χ1v) is 17.7. The Morgan fingerprint density at radius 3 is 1.81 bits per heavy atom. The van der Waals surface area contributed by atoms with E-state index in [0.29, 0.717) is 0 Å². The lowest BCUT2D eigenvalue weighted by Gasteiger charge is -2.36. The van der Waals surface area contributed by atoms with Gasteiger partial charge in [-0.05, 0) is 75.6 Å². The molecule has 3 aliphatic carbocycles. The molecule has 1 aromatic carbocycles. The largest absolute Gasteiger partial charge is 0.369 e. The molecule has 0 bridgehead atoms. The average Bonchev–Trinajstić information content (AvgIpc) is 3.95. The van der Waals surface area contributed by atoms with Crippen LogP contribution in [0.2, 0.25) is 0 Å². The zero-order valence-electron chi connectivity index (χ0n) is 29.9. The van der Waals surface area contributed by atoms with Crippen LogP contribution in [-0.4, -0.2) is 49.1 Å². The van der Waals surface area contributed by atoms with Crippen LogP contribution in [0.3, 0.4) is 0 Å². The van der Waals surface area contributed by atoms with E-state index in [4.69, 9.17) is 0 Å². The zero-order chi connectivity index (χ0) is 32.4. The maximum atomic E-state index is 12.4. The van der Waals surface area contributed by atoms with Gasteiger partial charge < -0.3 is 4.90 Å². The van der Waals surface area contributed by atoms with Gasteiger partial charge in [-0.1, -0.05) is 111 Å². The summed E-state index contributed by atoms with van der Waals surface area (Å²) in [6, 6.07) is 7.11. The number of aliphatic imine (C=N–C) groups is 1. The number of anilines is 1. The second-order valence-electron chi connectivity index (χ2n) is 12.5. The summed E-state index contributed by atoms with van der Waals surface area (Å²) in [6.45, 7) is 28.4. The summed E-state index contributed by atoms with van der Waals surface area (Å²) in [5.74, 6) is 2.26. The molecule has 4 nitrogen and oxygen atoms in total. The van der Waals surface area contributed by atoms with E-state index in [1.54, 1.807) is 6.92 Å². The molecule has 4 aliphatic rings. The lowest BCUT2D eigenvalue weighted by molar-refractivity contribution is 0.101. The number of nitrogens with zero attached hydrogens (tertiary/aromatic N) is 3. The van der Waals surface area contributed by atoms with Crippen LogP contribution in [0.25, 0.3) is 5.57 Å². The zero-order valence-corrected chi connectivity index (χ0v) is 29.9. The highest BCUT2D eigenvalue weighted by Crippen LogP contribution is 2.32. The maximum absolute atomic E-state index is 12.4. The summed E-state index contributed by atoms with van der Waals surface area (Å²) in [5.41, 5.74) is 5.74. The Morgan fingerprint density at radius 2 is 1.44 bits per heavy atom. The van der Waals surface area contributed by atoms with Crippen LogP contribution in [0, 0.1) is 11.8 Å². The molecule has 0 amide bonds. The monoisotopic (exact) mass is 594 g/mol. The van der Waals surface area contributed by atoms with E-state index < -0.39 is 0 Å². The standard InChI is InChI=1S/C23H31N3O.C7H14.C5H10.2C2H6/c1-16(2)23(15-24-17(3)4)21-9-8-20(14-22(21)18(5)27)26-12-10-25(11-13-26)19-6-7-19;1-7-5-3-2-4-6-7;1-2-5-3-4-5;2*1-2/h8-9,14-15,19H,3,6-7,10-13H2,1-2,4-5H3;7H,2-6H2,1H3;5H,2-4H2,1H3;2*1-2H3. The van der Waals surface area contributed by atoms with E-state index in [2.05, 4.69) is 67.3 Å². The van der Waals surface area contributed by atoms with Crippen molar-refractivity contribution < 1.29 is 4.79 Å². The molecule has 4 heteroatoms. The molecule has 0 aromatic heterocycles. The average molecular weight is 594 g/mol. The Bertz CT molecular complexity index is 997. The Morgan fingerprint density at radius 1 is 0.860 bits per heavy atom. The SMILES string of the molecule is C=C(C)N=CC(=C(C)C)c1ccc(N2CCN(C3CC3)CC2)cc1C(C)=O.CC.CC.CC1CCCCC1.CCC1CC1. The van der Waals surface area contributed by atoms with Crippen molar-refractivity contribution in [2.75, 3.05) is 31.1 Å². The minimum Gasteiger partial charge on any atom is -0.369 e. The number of benzene rings is 1. The van der Waals surface area contributed by atoms with E-state index in [1.165, 1.54) is 64.2 Å². The van der Waals surface area contributed by atoms with Gasteiger partial charge in [-0.25, -0.2) is 0 Å². The van der Waals surface area contributed by atoms with Gasteiger partial charge >= 0.3 is 0 Å². The van der Waals surface area contributed by atoms with E-state index in [9.17, 15) is 4.79 Å². The van der Waals surface area contributed by atoms with Gasteiger partial charge in [-0.2, -0.15) is 0 Å². The third kappa shape index (κ3) is 14.9. The second-order valence-corrected chi connectivity index (χ2v) is 12.5. The van der Waals surface area contributed by atoms with Crippen LogP contribution in [0.5, 0.6) is 0 Å². The number of hydrogen-bond donors (Lipinski definition) is 0. The fourth-order valence-electron chi connectivity index (χ4n) is 5.52. The van der Waals surface area contributed by atoms with Crippen LogP contribution >= 0.6 is 0 Å². The fraction of sp³-hybridized carbons (Fsp3) is 0.692. The number of piperazine rings is 1. The molecular formula is C39H67N3O. The molecule has 0 radical (unpaired) electrons. The van der Waals surface area contributed by atoms with Gasteiger partial charge in [-0.3, -0.25) is 14.7 Å².